The molecule has 106 valence electrons. The molecule has 0 bridgehead atoms. The quantitative estimate of drug-likeness (QED) is 0.282. The van der Waals surface area contributed by atoms with Gasteiger partial charge in [-0.2, -0.15) is 16.8 Å². The van der Waals surface area contributed by atoms with Gasteiger partial charge >= 0.3 is 83.4 Å². The maximum atomic E-state index is 10.3. The molecule has 20 heavy (non-hydrogen) atoms. The number of aromatic hydroxyl groups is 1. The molecule has 1 aromatic carbocycles. The van der Waals surface area contributed by atoms with E-state index in [4.69, 9.17) is 19.3 Å². The molecule has 0 spiro atoms. The molecule has 1 rings (SSSR count). The summed E-state index contributed by atoms with van der Waals surface area (Å²) in [5.74, 6) is -1.31. The molecule has 0 heterocycles. The summed E-state index contributed by atoms with van der Waals surface area (Å²) in [6.45, 7) is 0. The summed E-state index contributed by atoms with van der Waals surface area (Å²) in [5.41, 5.74) is -0.0671. The van der Waals surface area contributed by atoms with E-state index < -0.39 is 24.3 Å². The number of benzene rings is 1. The van der Waals surface area contributed by atoms with Crippen molar-refractivity contribution in [3.63, 3.8) is 0 Å². The third-order valence-electron chi connectivity index (χ3n) is 1.40. The van der Waals surface area contributed by atoms with Gasteiger partial charge in [0.2, 0.25) is 0 Å². The summed E-state index contributed by atoms with van der Waals surface area (Å²) < 4.78 is 52.5. The number of hydrogen-bond donors (Lipinski definition) is 4. The maximum absolute atomic E-state index is 10.3. The van der Waals surface area contributed by atoms with Crippen molar-refractivity contribution in [1.29, 1.82) is 0 Å². The van der Waals surface area contributed by atoms with Gasteiger partial charge in [0.25, 0.3) is 0 Å². The molecule has 13 heteroatoms. The van der Waals surface area contributed by atoms with E-state index in [1.54, 1.807) is 12.1 Å². The Balaban J connectivity index is -0.000000269. The normalized spacial score (nSPS) is 10.1. The van der Waals surface area contributed by atoms with Crippen LogP contribution in [0.4, 0.5) is 0 Å². The first-order valence-corrected chi connectivity index (χ1v) is 7.32. The van der Waals surface area contributed by atoms with Crippen molar-refractivity contribution in [1.82, 2.24) is 0 Å². The van der Waals surface area contributed by atoms with Crippen molar-refractivity contribution in [3.05, 3.63) is 29.8 Å². The van der Waals surface area contributed by atoms with Gasteiger partial charge in [-0.05, 0) is 12.1 Å². The van der Waals surface area contributed by atoms with Crippen molar-refractivity contribution in [2.45, 2.75) is 0 Å². The molecule has 1 aromatic rings. The van der Waals surface area contributed by atoms with Crippen LogP contribution in [0.15, 0.2) is 24.3 Å². The number of para-hydroxylation sites is 1. The van der Waals surface area contributed by atoms with Crippen LogP contribution in [0.5, 0.6) is 5.75 Å². The average Bonchev–Trinajstić information content (AvgIpc) is 2.15. The predicted octanol–water partition coefficient (Wildman–Crippen LogP) is -1.53. The molecule has 0 radical (unpaired) electrons. The van der Waals surface area contributed by atoms with E-state index in [9.17, 15) is 21.6 Å². The third kappa shape index (κ3) is 9.28. The fourth-order valence-corrected chi connectivity index (χ4v) is 0.654. The Morgan fingerprint density at radius 3 is 1.45 bits per heavy atom. The van der Waals surface area contributed by atoms with E-state index in [2.05, 4.69) is 0 Å². The molecule has 0 aromatic heterocycles. The molecule has 0 fully saturated rings. The second kappa shape index (κ2) is 10.1. The van der Waals surface area contributed by atoms with E-state index in [-0.39, 0.29) is 70.4 Å². The Bertz CT molecular complexity index is 608. The van der Waals surface area contributed by atoms with E-state index in [0.29, 0.717) is 0 Å². The number of phenols is 1. The molecule has 0 amide bonds. The van der Waals surface area contributed by atoms with Crippen LogP contribution in [0.1, 0.15) is 10.4 Å². The first kappa shape index (κ1) is 25.3. The van der Waals surface area contributed by atoms with Gasteiger partial charge < -0.3 is 10.2 Å². The van der Waals surface area contributed by atoms with Crippen molar-refractivity contribution >= 4 is 83.4 Å². The van der Waals surface area contributed by atoms with Crippen LogP contribution in [-0.4, -0.2) is 101 Å². The minimum atomic E-state index is -5.31. The molecule has 0 aliphatic rings. The van der Waals surface area contributed by atoms with Crippen LogP contribution in [0.3, 0.4) is 0 Å². The first-order chi connectivity index (χ1) is 7.97. The fourth-order valence-electron chi connectivity index (χ4n) is 0.654. The van der Waals surface area contributed by atoms with Gasteiger partial charge in [0, 0.05) is 0 Å². The van der Waals surface area contributed by atoms with Crippen molar-refractivity contribution in [3.8, 4) is 5.75 Å². The van der Waals surface area contributed by atoms with Crippen LogP contribution in [0.2, 0.25) is 0 Å². The SMILES string of the molecule is O=C(O)c1ccccc1O.O=S(=O)(O)S(=O)(=O)O.[NaH].[NaH]. The summed E-state index contributed by atoms with van der Waals surface area (Å²) in [7, 11) is -10.6. The average molecular weight is 348 g/mol. The Labute approximate surface area is 158 Å². The van der Waals surface area contributed by atoms with Crippen LogP contribution < -0.4 is 0 Å². The minimum absolute atomic E-state index is 0. The van der Waals surface area contributed by atoms with Gasteiger partial charge in [0.15, 0.2) is 0 Å². The number of rotatable bonds is 2. The molecule has 0 aliphatic carbocycles. The topological polar surface area (TPSA) is 166 Å². The summed E-state index contributed by atoms with van der Waals surface area (Å²) in [4.78, 5) is 10.3. The van der Waals surface area contributed by atoms with E-state index in [1.165, 1.54) is 12.1 Å². The monoisotopic (exact) mass is 348 g/mol. The van der Waals surface area contributed by atoms with E-state index in [1.807, 2.05) is 0 Å². The summed E-state index contributed by atoms with van der Waals surface area (Å²) >= 11 is 0. The Kier molecular flexibility index (Phi) is 12.8. The van der Waals surface area contributed by atoms with Crippen LogP contribution in [-0.2, 0) is 18.3 Å². The standard InChI is InChI=1S/C7H6O3.2Na.H2O6S2.2H/c8-6-4-2-1-3-5(6)7(9)10;;;1-7(2,3)8(4,5)6;;/h1-4,8H,(H,9,10);;;(H,1,2,3)(H,4,5,6);;. The second-order valence-electron chi connectivity index (χ2n) is 2.68. The second-order valence-corrected chi connectivity index (χ2v) is 6.92. The summed E-state index contributed by atoms with van der Waals surface area (Å²) in [6.07, 6.45) is 0. The predicted molar refractivity (Wildman–Crippen MR) is 72.5 cm³/mol. The van der Waals surface area contributed by atoms with Crippen LogP contribution in [0, 0.1) is 0 Å². The van der Waals surface area contributed by atoms with Gasteiger partial charge in [-0.1, -0.05) is 12.1 Å². The molecule has 0 aliphatic heterocycles. The number of carbonyl (C=O) groups is 1. The Morgan fingerprint density at radius 1 is 0.900 bits per heavy atom. The zero-order chi connectivity index (χ0) is 14.6. The van der Waals surface area contributed by atoms with Gasteiger partial charge in [0.05, 0.1) is 0 Å². The molecule has 0 unspecified atom stereocenters. The van der Waals surface area contributed by atoms with Gasteiger partial charge in [-0.15, -0.1) is 0 Å². The summed E-state index contributed by atoms with van der Waals surface area (Å²) in [5, 5.41) is 17.3. The molecule has 0 atom stereocenters. The summed E-state index contributed by atoms with van der Waals surface area (Å²) in [6, 6.07) is 5.81. The molecular weight excluding hydrogens is 338 g/mol. The fraction of sp³-hybridized carbons (Fsp3) is 0. The zero-order valence-corrected chi connectivity index (χ0v) is 10.1. The first-order valence-electron chi connectivity index (χ1n) is 3.93. The van der Waals surface area contributed by atoms with Crippen molar-refractivity contribution in [2.24, 2.45) is 0 Å². The molecule has 0 saturated carbocycles. The van der Waals surface area contributed by atoms with Crippen molar-refractivity contribution < 1.29 is 40.9 Å². The molecule has 0 saturated heterocycles. The number of aromatic carboxylic acids is 1. The zero-order valence-electron chi connectivity index (χ0n) is 8.46. The van der Waals surface area contributed by atoms with E-state index in [0.717, 1.165) is 0 Å². The molecular formula is C7H10Na2O9S2. The van der Waals surface area contributed by atoms with Crippen molar-refractivity contribution in [2.75, 3.05) is 0 Å². The number of hydrogen-bond acceptors (Lipinski definition) is 6. The number of carboxylic acids is 1. The Hall–Kier alpha value is 0.310. The van der Waals surface area contributed by atoms with Gasteiger partial charge in [0.1, 0.15) is 11.3 Å². The Morgan fingerprint density at radius 2 is 1.25 bits per heavy atom. The molecule has 4 N–H and O–H groups in total. The van der Waals surface area contributed by atoms with Crippen LogP contribution >= 0.6 is 0 Å². The van der Waals surface area contributed by atoms with E-state index >= 15 is 0 Å². The third-order valence-corrected chi connectivity index (χ3v) is 3.53. The van der Waals surface area contributed by atoms with Gasteiger partial charge in [-0.3, -0.25) is 9.11 Å². The molecule has 9 nitrogen and oxygen atoms in total. The van der Waals surface area contributed by atoms with Gasteiger partial charge in [-0.25, -0.2) is 4.79 Å². The number of carboxylic acid groups (broad SMARTS) is 1. The van der Waals surface area contributed by atoms with Crippen LogP contribution in [0.25, 0.3) is 0 Å².